The third-order valence-electron chi connectivity index (χ3n) is 4.39. The van der Waals surface area contributed by atoms with Crippen molar-refractivity contribution in [1.82, 2.24) is 29.3 Å². The summed E-state index contributed by atoms with van der Waals surface area (Å²) in [5.74, 6) is 1.73. The van der Waals surface area contributed by atoms with E-state index in [9.17, 15) is 8.78 Å². The van der Waals surface area contributed by atoms with Crippen LogP contribution in [0.1, 0.15) is 35.9 Å². The number of fused-ring (bicyclic) bond motifs is 1. The van der Waals surface area contributed by atoms with Gasteiger partial charge in [0.2, 0.25) is 5.88 Å². The molecule has 0 bridgehead atoms. The Kier molecular flexibility index (Phi) is 5.14. The molecular weight excluding hydrogens is 366 g/mol. The second kappa shape index (κ2) is 7.87. The highest BCUT2D eigenvalue weighted by Gasteiger charge is 2.14. The molecule has 0 atom stereocenters. The van der Waals surface area contributed by atoms with Gasteiger partial charge in [-0.05, 0) is 44.1 Å². The maximum atomic E-state index is 12.6. The average Bonchev–Trinajstić information content (AvgIpc) is 3.30. The summed E-state index contributed by atoms with van der Waals surface area (Å²) in [5, 5.41) is 4.46. The van der Waals surface area contributed by atoms with Gasteiger partial charge in [0.05, 0.1) is 17.7 Å². The number of halogens is 2. The van der Waals surface area contributed by atoms with Crippen LogP contribution in [0.5, 0.6) is 5.88 Å². The first-order chi connectivity index (χ1) is 13.6. The van der Waals surface area contributed by atoms with Gasteiger partial charge >= 0.3 is 0 Å². The maximum Gasteiger partial charge on any atom is 0.272 e. The van der Waals surface area contributed by atoms with Gasteiger partial charge in [0.25, 0.3) is 6.43 Å². The standard InChI is InChI=1S/C19H20F2N6O/c1-13-10-26(12-22-13)15-7-5-14(23-19(15)28-11-16(20)21)6-8-17-24-18-4-2-3-9-27(18)25-17/h5-8,10,12,16H,2-4,9,11H2,1H3/b8-6+. The van der Waals surface area contributed by atoms with Crippen LogP contribution in [0.3, 0.4) is 0 Å². The van der Waals surface area contributed by atoms with Crippen LogP contribution in [-0.4, -0.2) is 42.3 Å². The van der Waals surface area contributed by atoms with Crippen LogP contribution >= 0.6 is 0 Å². The first-order valence-corrected chi connectivity index (χ1v) is 9.13. The Morgan fingerprint density at radius 3 is 2.86 bits per heavy atom. The number of ether oxygens (including phenoxy) is 1. The first kappa shape index (κ1) is 18.3. The van der Waals surface area contributed by atoms with E-state index in [1.807, 2.05) is 11.6 Å². The van der Waals surface area contributed by atoms with Gasteiger partial charge in [-0.25, -0.2) is 28.4 Å². The van der Waals surface area contributed by atoms with Crippen molar-refractivity contribution in [3.8, 4) is 11.6 Å². The number of nitrogens with zero attached hydrogens (tertiary/aromatic N) is 6. The van der Waals surface area contributed by atoms with Gasteiger partial charge in [-0.15, -0.1) is 0 Å². The van der Waals surface area contributed by atoms with Crippen molar-refractivity contribution in [3.05, 3.63) is 47.7 Å². The maximum absolute atomic E-state index is 12.6. The van der Waals surface area contributed by atoms with Crippen molar-refractivity contribution in [2.45, 2.75) is 39.2 Å². The number of hydrogen-bond acceptors (Lipinski definition) is 5. The number of rotatable bonds is 6. The van der Waals surface area contributed by atoms with Gasteiger partial charge in [0.15, 0.2) is 12.4 Å². The van der Waals surface area contributed by atoms with Crippen molar-refractivity contribution in [2.75, 3.05) is 6.61 Å². The van der Waals surface area contributed by atoms with Gasteiger partial charge in [-0.1, -0.05) is 0 Å². The number of hydrogen-bond donors (Lipinski definition) is 0. The fourth-order valence-electron chi connectivity index (χ4n) is 3.07. The zero-order chi connectivity index (χ0) is 19.5. The zero-order valence-electron chi connectivity index (χ0n) is 15.4. The molecule has 146 valence electrons. The summed E-state index contributed by atoms with van der Waals surface area (Å²) in [6, 6.07) is 3.55. The van der Waals surface area contributed by atoms with Gasteiger partial charge in [0.1, 0.15) is 11.5 Å². The normalized spacial score (nSPS) is 14.0. The van der Waals surface area contributed by atoms with E-state index in [1.165, 1.54) is 0 Å². The Hall–Kier alpha value is -3.10. The van der Waals surface area contributed by atoms with Gasteiger partial charge in [-0.3, -0.25) is 0 Å². The molecule has 7 nitrogen and oxygen atoms in total. The molecule has 0 N–H and O–H groups in total. The van der Waals surface area contributed by atoms with Crippen molar-refractivity contribution in [2.24, 2.45) is 0 Å². The van der Waals surface area contributed by atoms with Gasteiger partial charge in [0, 0.05) is 19.2 Å². The van der Waals surface area contributed by atoms with Crippen molar-refractivity contribution >= 4 is 12.2 Å². The lowest BCUT2D eigenvalue weighted by molar-refractivity contribution is 0.0795. The van der Waals surface area contributed by atoms with E-state index >= 15 is 0 Å². The smallest absolute Gasteiger partial charge is 0.272 e. The quantitative estimate of drug-likeness (QED) is 0.650. The number of aryl methyl sites for hydroxylation is 3. The number of alkyl halides is 2. The molecule has 4 rings (SSSR count). The van der Waals surface area contributed by atoms with E-state index in [2.05, 4.69) is 20.1 Å². The lowest BCUT2D eigenvalue weighted by Gasteiger charge is -2.11. The Morgan fingerprint density at radius 2 is 2.11 bits per heavy atom. The molecule has 0 unspecified atom stereocenters. The van der Waals surface area contributed by atoms with Crippen LogP contribution in [0.15, 0.2) is 24.7 Å². The highest BCUT2D eigenvalue weighted by Crippen LogP contribution is 2.23. The average molecular weight is 386 g/mol. The summed E-state index contributed by atoms with van der Waals surface area (Å²) in [5.41, 5.74) is 1.92. The SMILES string of the molecule is Cc1cn(-c2ccc(/C=C/c3nc4n(n3)CCCC4)nc2OCC(F)F)cn1. The van der Waals surface area contributed by atoms with Gasteiger partial charge in [-0.2, -0.15) is 5.10 Å². The Balaban J connectivity index is 1.60. The summed E-state index contributed by atoms with van der Waals surface area (Å²) < 4.78 is 34.1. The van der Waals surface area contributed by atoms with E-state index in [-0.39, 0.29) is 5.88 Å². The van der Waals surface area contributed by atoms with E-state index in [1.54, 1.807) is 41.4 Å². The minimum Gasteiger partial charge on any atom is -0.470 e. The molecule has 0 amide bonds. The van der Waals surface area contributed by atoms with E-state index < -0.39 is 13.0 Å². The summed E-state index contributed by atoms with van der Waals surface area (Å²) in [6.07, 6.45) is 7.48. The fourth-order valence-corrected chi connectivity index (χ4v) is 3.07. The van der Waals surface area contributed by atoms with Crippen LogP contribution < -0.4 is 4.74 Å². The third kappa shape index (κ3) is 4.08. The second-order valence-electron chi connectivity index (χ2n) is 6.58. The molecule has 9 heteroatoms. The highest BCUT2D eigenvalue weighted by molar-refractivity contribution is 5.65. The summed E-state index contributed by atoms with van der Waals surface area (Å²) in [7, 11) is 0. The fraction of sp³-hybridized carbons (Fsp3) is 0.368. The van der Waals surface area contributed by atoms with E-state index in [4.69, 9.17) is 4.74 Å². The third-order valence-corrected chi connectivity index (χ3v) is 4.39. The molecule has 0 radical (unpaired) electrons. The van der Waals surface area contributed by atoms with Gasteiger partial charge < -0.3 is 9.30 Å². The molecule has 0 saturated carbocycles. The molecule has 4 heterocycles. The molecule has 1 aliphatic heterocycles. The summed E-state index contributed by atoms with van der Waals surface area (Å²) in [6.45, 7) is 2.01. The molecule has 3 aromatic heterocycles. The molecule has 0 saturated heterocycles. The summed E-state index contributed by atoms with van der Waals surface area (Å²) >= 11 is 0. The molecule has 28 heavy (non-hydrogen) atoms. The predicted molar refractivity (Wildman–Crippen MR) is 99.5 cm³/mol. The molecule has 1 aliphatic rings. The Bertz CT molecular complexity index is 971. The van der Waals surface area contributed by atoms with Crippen molar-refractivity contribution in [3.63, 3.8) is 0 Å². The number of pyridine rings is 1. The summed E-state index contributed by atoms with van der Waals surface area (Å²) in [4.78, 5) is 13.0. The highest BCUT2D eigenvalue weighted by atomic mass is 19.3. The van der Waals surface area contributed by atoms with E-state index in [0.29, 0.717) is 17.2 Å². The minimum atomic E-state index is -2.58. The zero-order valence-corrected chi connectivity index (χ0v) is 15.4. The topological polar surface area (TPSA) is 70.7 Å². The first-order valence-electron chi connectivity index (χ1n) is 9.13. The molecule has 3 aromatic rings. The lowest BCUT2D eigenvalue weighted by Crippen LogP contribution is -2.11. The van der Waals surface area contributed by atoms with Crippen LogP contribution in [0.25, 0.3) is 17.8 Å². The monoisotopic (exact) mass is 386 g/mol. The molecule has 0 spiro atoms. The van der Waals surface area contributed by atoms with E-state index in [0.717, 1.165) is 37.3 Å². The minimum absolute atomic E-state index is 0.122. The molecular formula is C19H20F2N6O. The number of imidazole rings is 1. The van der Waals surface area contributed by atoms with Crippen molar-refractivity contribution < 1.29 is 13.5 Å². The Morgan fingerprint density at radius 1 is 1.21 bits per heavy atom. The molecule has 0 aromatic carbocycles. The number of aromatic nitrogens is 6. The largest absolute Gasteiger partial charge is 0.470 e. The molecule has 0 fully saturated rings. The van der Waals surface area contributed by atoms with Crippen LogP contribution in [-0.2, 0) is 13.0 Å². The van der Waals surface area contributed by atoms with Crippen LogP contribution in [0.4, 0.5) is 8.78 Å². The second-order valence-corrected chi connectivity index (χ2v) is 6.58. The molecule has 0 aliphatic carbocycles. The Labute approximate surface area is 160 Å². The van der Waals surface area contributed by atoms with Crippen LogP contribution in [0.2, 0.25) is 0 Å². The van der Waals surface area contributed by atoms with Crippen molar-refractivity contribution in [1.29, 1.82) is 0 Å². The van der Waals surface area contributed by atoms with Crippen LogP contribution in [0, 0.1) is 6.92 Å². The predicted octanol–water partition coefficient (Wildman–Crippen LogP) is 3.32. The lowest BCUT2D eigenvalue weighted by atomic mass is 10.2.